The van der Waals surface area contributed by atoms with Crippen molar-refractivity contribution in [3.8, 4) is 0 Å². The van der Waals surface area contributed by atoms with Gasteiger partial charge >= 0.3 is 0 Å². The summed E-state index contributed by atoms with van der Waals surface area (Å²) in [6.07, 6.45) is 3.47. The molecule has 6 nitrogen and oxygen atoms in total. The van der Waals surface area contributed by atoms with Crippen LogP contribution in [0.5, 0.6) is 0 Å². The van der Waals surface area contributed by atoms with Crippen LogP contribution >= 0.6 is 0 Å². The van der Waals surface area contributed by atoms with E-state index < -0.39 is 0 Å². The van der Waals surface area contributed by atoms with Crippen LogP contribution in [0, 0.1) is 5.41 Å². The smallest absolute Gasteiger partial charge is 0.206 e. The van der Waals surface area contributed by atoms with E-state index >= 15 is 0 Å². The molecule has 0 radical (unpaired) electrons. The maximum Gasteiger partial charge on any atom is 0.206 e. The van der Waals surface area contributed by atoms with E-state index in [-0.39, 0.29) is 5.96 Å². The number of allylic oxidation sites excluding steroid dienone is 1. The molecule has 2 rings (SSSR count). The van der Waals surface area contributed by atoms with Gasteiger partial charge in [0, 0.05) is 23.7 Å². The summed E-state index contributed by atoms with van der Waals surface area (Å²) in [6, 6.07) is 9.24. The highest BCUT2D eigenvalue weighted by atomic mass is 15.3. The summed E-state index contributed by atoms with van der Waals surface area (Å²) in [4.78, 5) is 7.29. The van der Waals surface area contributed by atoms with Gasteiger partial charge in [-0.1, -0.05) is 12.6 Å². The first-order valence-electron chi connectivity index (χ1n) is 5.60. The molecule has 2 aromatic heterocycles. The molecule has 2 heterocycles. The molecule has 0 aliphatic carbocycles. The number of nitrogens with two attached hydrogens (primary N) is 1. The maximum atomic E-state index is 7.17. The molecule has 0 saturated carbocycles. The number of hydrazone groups is 1. The first kappa shape index (κ1) is 12.6. The van der Waals surface area contributed by atoms with Gasteiger partial charge in [-0.15, -0.1) is 0 Å². The number of aromatic nitrogens is 2. The predicted octanol–water partition coefficient (Wildman–Crippen LogP) is 1.31. The molecule has 0 saturated heterocycles. The molecule has 0 fully saturated rings. The van der Waals surface area contributed by atoms with Gasteiger partial charge in [0.15, 0.2) is 0 Å². The molecule has 0 spiro atoms. The first-order valence-corrected chi connectivity index (χ1v) is 5.60. The fourth-order valence-corrected chi connectivity index (χ4v) is 1.54. The number of nitrogens with zero attached hydrogens (tertiary/aromatic N) is 2. The van der Waals surface area contributed by atoms with Crippen molar-refractivity contribution in [2.24, 2.45) is 10.8 Å². The zero-order valence-corrected chi connectivity index (χ0v) is 10.2. The lowest BCUT2D eigenvalue weighted by Gasteiger charge is -2.08. The van der Waals surface area contributed by atoms with Crippen LogP contribution in [-0.4, -0.2) is 21.6 Å². The number of hydrogen-bond acceptors (Lipinski definition) is 3. The highest BCUT2D eigenvalue weighted by molar-refractivity contribution is 6.30. The van der Waals surface area contributed by atoms with E-state index in [1.54, 1.807) is 12.4 Å². The van der Waals surface area contributed by atoms with E-state index in [1.807, 2.05) is 30.3 Å². The van der Waals surface area contributed by atoms with E-state index in [0.29, 0.717) is 17.0 Å². The SMILES string of the molecule is C=C(C(=NNC(=N)N)c1ccccn1)c1ccc[nH]1. The molecule has 0 amide bonds. The lowest BCUT2D eigenvalue weighted by Crippen LogP contribution is -2.27. The molecule has 0 atom stereocenters. The zero-order valence-electron chi connectivity index (χ0n) is 10.2. The van der Waals surface area contributed by atoms with Crippen LogP contribution in [0.25, 0.3) is 5.57 Å². The maximum absolute atomic E-state index is 7.17. The van der Waals surface area contributed by atoms with Gasteiger partial charge in [0.05, 0.1) is 5.69 Å². The second kappa shape index (κ2) is 5.63. The van der Waals surface area contributed by atoms with Crippen LogP contribution in [0.4, 0.5) is 0 Å². The highest BCUT2D eigenvalue weighted by Crippen LogP contribution is 2.15. The van der Waals surface area contributed by atoms with Gasteiger partial charge in [-0.05, 0) is 24.3 Å². The third-order valence-electron chi connectivity index (χ3n) is 2.40. The van der Waals surface area contributed by atoms with E-state index in [2.05, 4.69) is 27.1 Å². The number of hydrogen-bond donors (Lipinski definition) is 4. The summed E-state index contributed by atoms with van der Waals surface area (Å²) in [5, 5.41) is 11.3. The lowest BCUT2D eigenvalue weighted by atomic mass is 10.1. The van der Waals surface area contributed by atoms with Gasteiger partial charge in [0.25, 0.3) is 0 Å². The van der Waals surface area contributed by atoms with Crippen molar-refractivity contribution < 1.29 is 0 Å². The highest BCUT2D eigenvalue weighted by Gasteiger charge is 2.12. The summed E-state index contributed by atoms with van der Waals surface area (Å²) in [5.74, 6) is -0.243. The molecule has 0 aliphatic rings. The van der Waals surface area contributed by atoms with Gasteiger partial charge in [-0.3, -0.25) is 10.4 Å². The molecule has 6 heteroatoms. The molecule has 0 bridgehead atoms. The molecule has 0 unspecified atom stereocenters. The van der Waals surface area contributed by atoms with Gasteiger partial charge in [0.1, 0.15) is 5.71 Å². The van der Waals surface area contributed by atoms with Crippen LogP contribution in [0.15, 0.2) is 54.4 Å². The lowest BCUT2D eigenvalue weighted by molar-refractivity contribution is 0.993. The molecule has 96 valence electrons. The molecule has 19 heavy (non-hydrogen) atoms. The summed E-state index contributed by atoms with van der Waals surface area (Å²) >= 11 is 0. The van der Waals surface area contributed by atoms with Crippen molar-refractivity contribution >= 4 is 17.2 Å². The fourth-order valence-electron chi connectivity index (χ4n) is 1.54. The Balaban J connectivity index is 2.38. The number of H-pyrrole nitrogens is 1. The van der Waals surface area contributed by atoms with E-state index in [0.717, 1.165) is 5.69 Å². The molecule has 5 N–H and O–H groups in total. The zero-order chi connectivity index (χ0) is 13.7. The normalized spacial score (nSPS) is 11.1. The number of guanidine groups is 1. The van der Waals surface area contributed by atoms with Crippen molar-refractivity contribution in [3.63, 3.8) is 0 Å². The van der Waals surface area contributed by atoms with Gasteiger partial charge < -0.3 is 10.7 Å². The Hall–Kier alpha value is -2.89. The second-order valence-corrected chi connectivity index (χ2v) is 3.76. The van der Waals surface area contributed by atoms with E-state index in [4.69, 9.17) is 11.1 Å². The monoisotopic (exact) mass is 254 g/mol. The summed E-state index contributed by atoms with van der Waals surface area (Å²) in [7, 11) is 0. The standard InChI is InChI=1S/C13H14N6/c1-9(10-6-4-8-16-10)12(18-19-13(14)15)11-5-2-3-7-17-11/h2-8,16H,1H2,(H4,14,15,19). The van der Waals surface area contributed by atoms with Gasteiger partial charge in [-0.2, -0.15) is 5.10 Å². The van der Waals surface area contributed by atoms with Crippen LogP contribution in [0.2, 0.25) is 0 Å². The topological polar surface area (TPSA) is 103 Å². The Morgan fingerprint density at radius 3 is 2.79 bits per heavy atom. The van der Waals surface area contributed by atoms with Crippen molar-refractivity contribution in [1.29, 1.82) is 5.41 Å². The Labute approximate surface area is 110 Å². The van der Waals surface area contributed by atoms with E-state index in [9.17, 15) is 0 Å². The van der Waals surface area contributed by atoms with Gasteiger partial charge in [0.2, 0.25) is 5.96 Å². The van der Waals surface area contributed by atoms with Crippen molar-refractivity contribution in [1.82, 2.24) is 15.4 Å². The van der Waals surface area contributed by atoms with Crippen molar-refractivity contribution in [3.05, 3.63) is 60.7 Å². The number of pyridine rings is 1. The average molecular weight is 254 g/mol. The number of rotatable bonds is 4. The van der Waals surface area contributed by atoms with E-state index in [1.165, 1.54) is 0 Å². The van der Waals surface area contributed by atoms with Crippen LogP contribution in [0.1, 0.15) is 11.4 Å². The third kappa shape index (κ3) is 3.06. The number of aromatic amines is 1. The van der Waals surface area contributed by atoms with Gasteiger partial charge in [-0.25, -0.2) is 5.43 Å². The summed E-state index contributed by atoms with van der Waals surface area (Å²) in [6.45, 7) is 4.00. The van der Waals surface area contributed by atoms with Crippen molar-refractivity contribution in [2.75, 3.05) is 0 Å². The minimum Gasteiger partial charge on any atom is -0.369 e. The third-order valence-corrected chi connectivity index (χ3v) is 2.40. The minimum absolute atomic E-state index is 0.243. The molecular weight excluding hydrogens is 240 g/mol. The van der Waals surface area contributed by atoms with Crippen LogP contribution < -0.4 is 11.2 Å². The average Bonchev–Trinajstić information content (AvgIpc) is 2.93. The fraction of sp³-hybridized carbons (Fsp3) is 0. The molecule has 0 aliphatic heterocycles. The molecule has 0 aromatic carbocycles. The Bertz CT molecular complexity index is 597. The van der Waals surface area contributed by atoms with Crippen LogP contribution in [-0.2, 0) is 0 Å². The van der Waals surface area contributed by atoms with Crippen LogP contribution in [0.3, 0.4) is 0 Å². The Morgan fingerprint density at radius 1 is 1.37 bits per heavy atom. The Morgan fingerprint density at radius 2 is 2.21 bits per heavy atom. The largest absolute Gasteiger partial charge is 0.369 e. The summed E-state index contributed by atoms with van der Waals surface area (Å²) in [5.41, 5.74) is 10.3. The predicted molar refractivity (Wildman–Crippen MR) is 75.7 cm³/mol. The first-order chi connectivity index (χ1) is 9.18. The second-order valence-electron chi connectivity index (χ2n) is 3.76. The Kier molecular flexibility index (Phi) is 3.72. The summed E-state index contributed by atoms with van der Waals surface area (Å²) < 4.78 is 0. The quantitative estimate of drug-likeness (QED) is 0.375. The minimum atomic E-state index is -0.243. The molecular formula is C13H14N6. The van der Waals surface area contributed by atoms with Crippen molar-refractivity contribution in [2.45, 2.75) is 0 Å². The number of nitrogens with one attached hydrogen (secondary N) is 3. The molecule has 2 aromatic rings.